The van der Waals surface area contributed by atoms with Crippen LogP contribution in [0.4, 0.5) is 5.69 Å². The molecule has 1 heterocycles. The normalized spacial score (nSPS) is 10.7. The highest BCUT2D eigenvalue weighted by Gasteiger charge is 2.10. The lowest BCUT2D eigenvalue weighted by atomic mass is 10.2. The molecular formula is C12H14N4O3S. The van der Waals surface area contributed by atoms with Gasteiger partial charge in [-0.3, -0.25) is 14.8 Å². The molecular weight excluding hydrogens is 280 g/mol. The van der Waals surface area contributed by atoms with E-state index in [0.717, 1.165) is 0 Å². The number of hydrogen-bond donors (Lipinski definition) is 1. The summed E-state index contributed by atoms with van der Waals surface area (Å²) in [4.78, 5) is 14.4. The van der Waals surface area contributed by atoms with Crippen LogP contribution < -0.4 is 0 Å². The molecule has 0 saturated carbocycles. The molecule has 0 aliphatic heterocycles. The number of nitro groups is 1. The summed E-state index contributed by atoms with van der Waals surface area (Å²) in [6.45, 7) is 1.70. The lowest BCUT2D eigenvalue weighted by Crippen LogP contribution is -2.07. The molecule has 0 radical (unpaired) electrons. The van der Waals surface area contributed by atoms with Gasteiger partial charge in [0.15, 0.2) is 5.82 Å². The molecule has 1 aromatic heterocycles. The van der Waals surface area contributed by atoms with Crippen LogP contribution in [0.5, 0.6) is 0 Å². The van der Waals surface area contributed by atoms with Crippen LogP contribution in [0, 0.1) is 10.1 Å². The first kappa shape index (κ1) is 14.5. The molecule has 0 amide bonds. The Balaban J connectivity index is 2.04. The predicted molar refractivity (Wildman–Crippen MR) is 76.8 cm³/mol. The molecule has 0 bridgehead atoms. The van der Waals surface area contributed by atoms with E-state index in [0.29, 0.717) is 36.9 Å². The van der Waals surface area contributed by atoms with Crippen LogP contribution in [0.1, 0.15) is 0 Å². The largest absolute Gasteiger partial charge is 0.379 e. The molecule has 20 heavy (non-hydrogen) atoms. The highest BCUT2D eigenvalue weighted by molar-refractivity contribution is 7.80. The fourth-order valence-electron chi connectivity index (χ4n) is 1.62. The molecule has 0 aliphatic carbocycles. The van der Waals surface area contributed by atoms with Crippen molar-refractivity contribution in [2.24, 2.45) is 0 Å². The van der Waals surface area contributed by atoms with Crippen LogP contribution in [0.2, 0.25) is 0 Å². The zero-order valence-corrected chi connectivity index (χ0v) is 11.6. The quantitative estimate of drug-likeness (QED) is 0.364. The Hall–Kier alpha value is -1.93. The van der Waals surface area contributed by atoms with E-state index in [1.165, 1.54) is 12.1 Å². The summed E-state index contributed by atoms with van der Waals surface area (Å²) in [6, 6.07) is 6.25. The van der Waals surface area contributed by atoms with Gasteiger partial charge >= 0.3 is 0 Å². The van der Waals surface area contributed by atoms with Gasteiger partial charge in [0.25, 0.3) is 5.69 Å². The standard InChI is InChI=1S/C12H14N4O3S/c17-16(18)11-3-1-2-10(8-11)12-13-9-15(14-12)4-5-19-6-7-20/h1-3,8-9,20H,4-7H2. The summed E-state index contributed by atoms with van der Waals surface area (Å²) in [5, 5.41) is 15.0. The highest BCUT2D eigenvalue weighted by atomic mass is 32.1. The number of rotatable bonds is 7. The second-order valence-corrected chi connectivity index (χ2v) is 4.42. The lowest BCUT2D eigenvalue weighted by Gasteiger charge is -2.01. The SMILES string of the molecule is O=[N+]([O-])c1cccc(-c2ncn(CCOCCS)n2)c1. The van der Waals surface area contributed by atoms with Crippen molar-refractivity contribution in [3.8, 4) is 11.4 Å². The Labute approximate surface area is 121 Å². The minimum absolute atomic E-state index is 0.0240. The fraction of sp³-hybridized carbons (Fsp3) is 0.333. The van der Waals surface area contributed by atoms with Crippen LogP contribution >= 0.6 is 12.6 Å². The summed E-state index contributed by atoms with van der Waals surface area (Å²) in [5.41, 5.74) is 0.644. The highest BCUT2D eigenvalue weighted by Crippen LogP contribution is 2.20. The number of nitro benzene ring substituents is 1. The Bertz CT molecular complexity index is 588. The van der Waals surface area contributed by atoms with Crippen LogP contribution in [0.3, 0.4) is 0 Å². The summed E-state index contributed by atoms with van der Waals surface area (Å²) >= 11 is 4.04. The topological polar surface area (TPSA) is 83.1 Å². The van der Waals surface area contributed by atoms with Gasteiger partial charge in [-0.25, -0.2) is 4.98 Å². The van der Waals surface area contributed by atoms with Gasteiger partial charge in [-0.15, -0.1) is 0 Å². The third-order valence-corrected chi connectivity index (χ3v) is 2.73. The number of thiol groups is 1. The van der Waals surface area contributed by atoms with Gasteiger partial charge in [0, 0.05) is 23.4 Å². The van der Waals surface area contributed by atoms with Crippen molar-refractivity contribution in [3.05, 3.63) is 40.7 Å². The van der Waals surface area contributed by atoms with E-state index in [-0.39, 0.29) is 5.69 Å². The number of aromatic nitrogens is 3. The van der Waals surface area contributed by atoms with Crippen molar-refractivity contribution in [1.29, 1.82) is 0 Å². The Kier molecular flexibility index (Phi) is 5.08. The molecule has 0 aliphatic rings. The van der Waals surface area contributed by atoms with Gasteiger partial charge in [-0.2, -0.15) is 17.7 Å². The number of benzene rings is 1. The molecule has 2 aromatic rings. The maximum absolute atomic E-state index is 10.7. The maximum Gasteiger partial charge on any atom is 0.270 e. The Morgan fingerprint density at radius 3 is 3.00 bits per heavy atom. The third kappa shape index (κ3) is 3.78. The van der Waals surface area contributed by atoms with E-state index in [4.69, 9.17) is 4.74 Å². The Morgan fingerprint density at radius 1 is 1.40 bits per heavy atom. The van der Waals surface area contributed by atoms with Gasteiger partial charge in [0.1, 0.15) is 6.33 Å². The summed E-state index contributed by atoms with van der Waals surface area (Å²) in [6.07, 6.45) is 1.58. The maximum atomic E-state index is 10.7. The molecule has 0 saturated heterocycles. The van der Waals surface area contributed by atoms with E-state index in [1.54, 1.807) is 23.1 Å². The average molecular weight is 294 g/mol. The zero-order chi connectivity index (χ0) is 14.4. The second kappa shape index (κ2) is 7.01. The van der Waals surface area contributed by atoms with Gasteiger partial charge in [0.2, 0.25) is 0 Å². The van der Waals surface area contributed by atoms with Crippen LogP contribution in [-0.2, 0) is 11.3 Å². The smallest absolute Gasteiger partial charge is 0.270 e. The second-order valence-electron chi connectivity index (χ2n) is 3.97. The predicted octanol–water partition coefficient (Wildman–Crippen LogP) is 1.80. The van der Waals surface area contributed by atoms with E-state index in [2.05, 4.69) is 22.7 Å². The first-order chi connectivity index (χ1) is 9.70. The molecule has 0 atom stereocenters. The zero-order valence-electron chi connectivity index (χ0n) is 10.7. The van der Waals surface area contributed by atoms with E-state index in [9.17, 15) is 10.1 Å². The first-order valence-electron chi connectivity index (χ1n) is 6.03. The monoisotopic (exact) mass is 294 g/mol. The van der Waals surface area contributed by atoms with Crippen LogP contribution in [0.15, 0.2) is 30.6 Å². The van der Waals surface area contributed by atoms with Crippen molar-refractivity contribution >= 4 is 18.3 Å². The van der Waals surface area contributed by atoms with E-state index < -0.39 is 4.92 Å². The van der Waals surface area contributed by atoms with Crippen molar-refractivity contribution in [2.75, 3.05) is 19.0 Å². The third-order valence-electron chi connectivity index (χ3n) is 2.55. The summed E-state index contributed by atoms with van der Waals surface area (Å²) in [5.74, 6) is 1.14. The lowest BCUT2D eigenvalue weighted by molar-refractivity contribution is -0.384. The molecule has 106 valence electrons. The van der Waals surface area contributed by atoms with Crippen LogP contribution in [-0.4, -0.2) is 38.7 Å². The van der Waals surface area contributed by atoms with Crippen molar-refractivity contribution in [3.63, 3.8) is 0 Å². The first-order valence-corrected chi connectivity index (χ1v) is 6.67. The fourth-order valence-corrected chi connectivity index (χ4v) is 1.75. The molecule has 0 unspecified atom stereocenters. The molecule has 0 fully saturated rings. The van der Waals surface area contributed by atoms with Crippen molar-refractivity contribution in [1.82, 2.24) is 14.8 Å². The molecule has 0 spiro atoms. The minimum Gasteiger partial charge on any atom is -0.379 e. The van der Waals surface area contributed by atoms with Crippen molar-refractivity contribution in [2.45, 2.75) is 6.54 Å². The van der Waals surface area contributed by atoms with Crippen molar-refractivity contribution < 1.29 is 9.66 Å². The van der Waals surface area contributed by atoms with Gasteiger partial charge in [-0.05, 0) is 0 Å². The molecule has 1 aromatic carbocycles. The molecule has 7 nitrogen and oxygen atoms in total. The van der Waals surface area contributed by atoms with Gasteiger partial charge in [0.05, 0.1) is 24.7 Å². The number of ether oxygens (including phenoxy) is 1. The molecule has 0 N–H and O–H groups in total. The number of nitrogens with zero attached hydrogens (tertiary/aromatic N) is 4. The molecule has 8 heteroatoms. The van der Waals surface area contributed by atoms with Gasteiger partial charge < -0.3 is 4.74 Å². The summed E-state index contributed by atoms with van der Waals surface area (Å²) in [7, 11) is 0. The van der Waals surface area contributed by atoms with Crippen LogP contribution in [0.25, 0.3) is 11.4 Å². The number of hydrogen-bond acceptors (Lipinski definition) is 6. The Morgan fingerprint density at radius 2 is 2.25 bits per heavy atom. The van der Waals surface area contributed by atoms with Gasteiger partial charge in [-0.1, -0.05) is 12.1 Å². The average Bonchev–Trinajstić information content (AvgIpc) is 2.92. The van der Waals surface area contributed by atoms with E-state index >= 15 is 0 Å². The number of non-ortho nitro benzene ring substituents is 1. The minimum atomic E-state index is -0.439. The molecule has 2 rings (SSSR count). The summed E-state index contributed by atoms with van der Waals surface area (Å²) < 4.78 is 6.94. The van der Waals surface area contributed by atoms with E-state index in [1.807, 2.05) is 0 Å².